The predicted octanol–water partition coefficient (Wildman–Crippen LogP) is 1.01. The van der Waals surface area contributed by atoms with Crippen molar-refractivity contribution in [3.05, 3.63) is 0 Å². The van der Waals surface area contributed by atoms with Crippen LogP contribution in [0.2, 0.25) is 0 Å². The standard InChI is InChI=1S/C7H18OP.H2O4S/c1-6(8)7(2)9(3,4)5;1-5(2,3)4/h6-8H,1-5H3;(H2,1,2,3,4)/q+1;. The van der Waals surface area contributed by atoms with Crippen molar-refractivity contribution in [2.24, 2.45) is 0 Å². The lowest BCUT2D eigenvalue weighted by atomic mass is 10.3. The Bertz CT molecular complexity index is 233. The van der Waals surface area contributed by atoms with Gasteiger partial charge in [-0.2, -0.15) is 8.42 Å². The van der Waals surface area contributed by atoms with Crippen molar-refractivity contribution in [2.45, 2.75) is 25.6 Å². The minimum Gasteiger partial charge on any atom is -0.389 e. The fraction of sp³-hybridized carbons (Fsp3) is 1.00. The molecule has 0 heterocycles. The third kappa shape index (κ3) is 14.8. The van der Waals surface area contributed by atoms with Gasteiger partial charge < -0.3 is 5.11 Å². The summed E-state index contributed by atoms with van der Waals surface area (Å²) in [5, 5.41) is 9.18. The van der Waals surface area contributed by atoms with Gasteiger partial charge in [0.05, 0.1) is 11.8 Å². The summed E-state index contributed by atoms with van der Waals surface area (Å²) >= 11 is 0. The van der Waals surface area contributed by atoms with E-state index in [-0.39, 0.29) is 6.10 Å². The molecule has 0 saturated carbocycles. The zero-order valence-corrected chi connectivity index (χ0v) is 10.9. The third-order valence-electron chi connectivity index (χ3n) is 1.92. The van der Waals surface area contributed by atoms with Gasteiger partial charge in [0.25, 0.3) is 0 Å². The van der Waals surface area contributed by atoms with Gasteiger partial charge in [0.2, 0.25) is 0 Å². The van der Waals surface area contributed by atoms with Crippen molar-refractivity contribution in [1.82, 2.24) is 0 Å². The Balaban J connectivity index is 0. The number of hydrogen-bond donors (Lipinski definition) is 3. The highest BCUT2D eigenvalue weighted by atomic mass is 32.3. The Hall–Kier alpha value is 0.260. The number of hydrogen-bond acceptors (Lipinski definition) is 3. The molecule has 2 unspecified atom stereocenters. The fourth-order valence-corrected chi connectivity index (χ4v) is 1.94. The second kappa shape index (κ2) is 5.98. The minimum atomic E-state index is -4.67. The van der Waals surface area contributed by atoms with Gasteiger partial charge in [-0.15, -0.1) is 0 Å². The molecule has 3 N–H and O–H groups in total. The molecule has 0 bridgehead atoms. The Kier molecular flexibility index (Phi) is 7.12. The van der Waals surface area contributed by atoms with E-state index in [4.69, 9.17) is 17.5 Å². The van der Waals surface area contributed by atoms with E-state index in [1.165, 1.54) is 0 Å². The minimum absolute atomic E-state index is 0.140. The summed E-state index contributed by atoms with van der Waals surface area (Å²) in [5.74, 6) is 0. The van der Waals surface area contributed by atoms with Crippen molar-refractivity contribution in [2.75, 3.05) is 20.0 Å². The first kappa shape index (κ1) is 16.7. The first-order valence-electron chi connectivity index (χ1n) is 4.04. The molecule has 14 heavy (non-hydrogen) atoms. The highest BCUT2D eigenvalue weighted by molar-refractivity contribution is 7.79. The summed E-state index contributed by atoms with van der Waals surface area (Å²) in [7, 11) is -5.48. The zero-order valence-electron chi connectivity index (χ0n) is 9.17. The van der Waals surface area contributed by atoms with E-state index in [0.29, 0.717) is 5.66 Å². The Labute approximate surface area is 86.4 Å². The number of aliphatic hydroxyl groups excluding tert-OH is 1. The lowest BCUT2D eigenvalue weighted by molar-refractivity contribution is 0.194. The molecule has 0 radical (unpaired) electrons. The Morgan fingerprint density at radius 3 is 1.29 bits per heavy atom. The number of aliphatic hydroxyl groups is 1. The van der Waals surface area contributed by atoms with Gasteiger partial charge in [0.1, 0.15) is 0 Å². The second-order valence-electron chi connectivity index (χ2n) is 4.05. The predicted molar refractivity (Wildman–Crippen MR) is 60.0 cm³/mol. The van der Waals surface area contributed by atoms with E-state index in [2.05, 4.69) is 26.9 Å². The van der Waals surface area contributed by atoms with Crippen molar-refractivity contribution < 1.29 is 22.6 Å². The zero-order chi connectivity index (χ0) is 12.2. The summed E-state index contributed by atoms with van der Waals surface area (Å²) in [4.78, 5) is 0. The maximum absolute atomic E-state index is 9.18. The monoisotopic (exact) mass is 247 g/mol. The summed E-state index contributed by atoms with van der Waals surface area (Å²) in [6, 6.07) is 0. The molecule has 0 amide bonds. The SMILES string of the molecule is CC(O)C(C)[P+](C)(C)C.O=S(=O)(O)O. The van der Waals surface area contributed by atoms with Gasteiger partial charge >= 0.3 is 10.4 Å². The van der Waals surface area contributed by atoms with Crippen LogP contribution in [0.5, 0.6) is 0 Å². The smallest absolute Gasteiger partial charge is 0.389 e. The molecular weight excluding hydrogens is 227 g/mol. The van der Waals surface area contributed by atoms with Gasteiger partial charge in [0.15, 0.2) is 0 Å². The van der Waals surface area contributed by atoms with Crippen molar-refractivity contribution in [3.8, 4) is 0 Å². The van der Waals surface area contributed by atoms with Crippen LogP contribution >= 0.6 is 7.26 Å². The average molecular weight is 247 g/mol. The van der Waals surface area contributed by atoms with Gasteiger partial charge in [-0.05, 0) is 13.8 Å². The van der Waals surface area contributed by atoms with E-state index in [1.54, 1.807) is 0 Å². The van der Waals surface area contributed by atoms with Gasteiger partial charge in [0, 0.05) is 27.3 Å². The topological polar surface area (TPSA) is 94.8 Å². The summed E-state index contributed by atoms with van der Waals surface area (Å²) < 4.78 is 31.6. The summed E-state index contributed by atoms with van der Waals surface area (Å²) in [6.07, 6.45) is -0.140. The molecule has 0 fully saturated rings. The van der Waals surface area contributed by atoms with Crippen LogP contribution in [0.1, 0.15) is 13.8 Å². The molecule has 0 aromatic rings. The quantitative estimate of drug-likeness (QED) is 0.500. The van der Waals surface area contributed by atoms with Gasteiger partial charge in [-0.3, -0.25) is 9.11 Å². The van der Waals surface area contributed by atoms with Crippen LogP contribution in [-0.2, 0) is 10.4 Å². The Morgan fingerprint density at radius 2 is 1.29 bits per heavy atom. The highest BCUT2D eigenvalue weighted by Crippen LogP contribution is 2.52. The molecule has 0 rings (SSSR count). The van der Waals surface area contributed by atoms with E-state index >= 15 is 0 Å². The van der Waals surface area contributed by atoms with Crippen LogP contribution in [0.3, 0.4) is 0 Å². The first-order valence-corrected chi connectivity index (χ1v) is 8.64. The van der Waals surface area contributed by atoms with Crippen LogP contribution in [0, 0.1) is 0 Å². The molecule has 2 atom stereocenters. The molecule has 5 nitrogen and oxygen atoms in total. The van der Waals surface area contributed by atoms with E-state index in [9.17, 15) is 5.11 Å². The van der Waals surface area contributed by atoms with Gasteiger partial charge in [-0.25, -0.2) is 0 Å². The van der Waals surface area contributed by atoms with E-state index in [0.717, 1.165) is 0 Å². The molecule has 0 aliphatic carbocycles. The maximum atomic E-state index is 9.18. The van der Waals surface area contributed by atoms with Crippen LogP contribution in [0.4, 0.5) is 0 Å². The molecule has 0 spiro atoms. The first-order chi connectivity index (χ1) is 5.85. The van der Waals surface area contributed by atoms with Crippen molar-refractivity contribution >= 4 is 17.7 Å². The van der Waals surface area contributed by atoms with Crippen molar-refractivity contribution in [1.29, 1.82) is 0 Å². The molecule has 0 aliphatic rings. The lowest BCUT2D eigenvalue weighted by Crippen LogP contribution is -2.21. The maximum Gasteiger partial charge on any atom is 0.394 e. The van der Waals surface area contributed by atoms with Gasteiger partial charge in [-0.1, -0.05) is 0 Å². The van der Waals surface area contributed by atoms with Crippen LogP contribution in [0.15, 0.2) is 0 Å². The van der Waals surface area contributed by atoms with Crippen LogP contribution in [-0.4, -0.2) is 54.4 Å². The van der Waals surface area contributed by atoms with Crippen molar-refractivity contribution in [3.63, 3.8) is 0 Å². The fourth-order valence-electron chi connectivity index (χ4n) is 0.647. The largest absolute Gasteiger partial charge is 0.394 e. The molecule has 0 saturated heterocycles. The molecule has 0 aromatic carbocycles. The highest BCUT2D eigenvalue weighted by Gasteiger charge is 2.30. The molecule has 0 aromatic heterocycles. The van der Waals surface area contributed by atoms with E-state index < -0.39 is 17.7 Å². The number of rotatable bonds is 2. The normalized spacial score (nSPS) is 16.6. The lowest BCUT2D eigenvalue weighted by Gasteiger charge is -2.22. The third-order valence-corrected chi connectivity index (χ3v) is 4.80. The molecule has 88 valence electrons. The summed E-state index contributed by atoms with van der Waals surface area (Å²) in [5.41, 5.74) is 0.484. The Morgan fingerprint density at radius 1 is 1.07 bits per heavy atom. The summed E-state index contributed by atoms with van der Waals surface area (Å²) in [6.45, 7) is 10.8. The van der Waals surface area contributed by atoms with Crippen LogP contribution < -0.4 is 0 Å². The molecule has 7 heteroatoms. The average Bonchev–Trinajstić information content (AvgIpc) is 1.79. The molecular formula is C7H20O5PS+. The second-order valence-corrected chi connectivity index (χ2v) is 9.99. The molecule has 0 aliphatic heterocycles. The van der Waals surface area contributed by atoms with E-state index in [1.807, 2.05) is 6.92 Å². The van der Waals surface area contributed by atoms with Crippen LogP contribution in [0.25, 0.3) is 0 Å².